The van der Waals surface area contributed by atoms with Crippen molar-refractivity contribution in [3.8, 4) is 22.6 Å². The minimum absolute atomic E-state index is 0.0620. The van der Waals surface area contributed by atoms with Crippen molar-refractivity contribution in [1.29, 1.82) is 0 Å². The Hall–Kier alpha value is -2.00. The van der Waals surface area contributed by atoms with Crippen LogP contribution in [0, 0.1) is 0 Å². The molecular weight excluding hydrogens is 274 g/mol. The molecule has 1 atom stereocenters. The van der Waals surface area contributed by atoms with Crippen LogP contribution in [0.2, 0.25) is 0 Å². The molecule has 0 saturated heterocycles. The topological polar surface area (TPSA) is 30.5 Å². The summed E-state index contributed by atoms with van der Waals surface area (Å²) < 4.78 is 11.5. The molecule has 0 saturated carbocycles. The van der Waals surface area contributed by atoms with Crippen LogP contribution in [-0.2, 0) is 11.8 Å². The summed E-state index contributed by atoms with van der Waals surface area (Å²) in [7, 11) is 0. The SMILES string of the molecule is CC1(C)c2ccccc2-c2c3c(cc4c2C1NCC4)OCO3. The Morgan fingerprint density at radius 3 is 2.95 bits per heavy atom. The molecule has 1 unspecified atom stereocenters. The normalized spacial score (nSPS) is 22.9. The van der Waals surface area contributed by atoms with Crippen molar-refractivity contribution in [3.05, 3.63) is 47.0 Å². The number of hydrogen-bond donors (Lipinski definition) is 1. The lowest BCUT2D eigenvalue weighted by molar-refractivity contribution is 0.174. The first kappa shape index (κ1) is 12.5. The van der Waals surface area contributed by atoms with Crippen molar-refractivity contribution < 1.29 is 9.47 Å². The van der Waals surface area contributed by atoms with Crippen molar-refractivity contribution >= 4 is 0 Å². The molecule has 3 nitrogen and oxygen atoms in total. The summed E-state index contributed by atoms with van der Waals surface area (Å²) in [5.41, 5.74) is 6.82. The summed E-state index contributed by atoms with van der Waals surface area (Å²) in [6.07, 6.45) is 1.05. The smallest absolute Gasteiger partial charge is 0.231 e. The van der Waals surface area contributed by atoms with Gasteiger partial charge in [0.2, 0.25) is 6.79 Å². The van der Waals surface area contributed by atoms with E-state index >= 15 is 0 Å². The van der Waals surface area contributed by atoms with Crippen LogP contribution < -0.4 is 14.8 Å². The molecule has 0 fully saturated rings. The van der Waals surface area contributed by atoms with Gasteiger partial charge in [-0.15, -0.1) is 0 Å². The summed E-state index contributed by atoms with van der Waals surface area (Å²) in [4.78, 5) is 0. The number of rotatable bonds is 0. The van der Waals surface area contributed by atoms with Gasteiger partial charge in [0.1, 0.15) is 0 Å². The van der Waals surface area contributed by atoms with Crippen molar-refractivity contribution in [3.63, 3.8) is 0 Å². The lowest BCUT2D eigenvalue weighted by Gasteiger charge is -2.45. The van der Waals surface area contributed by atoms with Gasteiger partial charge in [0.25, 0.3) is 0 Å². The molecule has 2 aliphatic heterocycles. The third kappa shape index (κ3) is 1.40. The van der Waals surface area contributed by atoms with Crippen LogP contribution >= 0.6 is 0 Å². The predicted molar refractivity (Wildman–Crippen MR) is 85.5 cm³/mol. The minimum atomic E-state index is 0.0620. The fourth-order valence-corrected chi connectivity index (χ4v) is 4.40. The van der Waals surface area contributed by atoms with E-state index in [9.17, 15) is 0 Å². The van der Waals surface area contributed by atoms with E-state index in [4.69, 9.17) is 9.47 Å². The van der Waals surface area contributed by atoms with Gasteiger partial charge in [-0.2, -0.15) is 0 Å². The molecule has 0 aromatic heterocycles. The lowest BCUT2D eigenvalue weighted by Crippen LogP contribution is -2.44. The highest BCUT2D eigenvalue weighted by Crippen LogP contribution is 2.57. The number of nitrogens with one attached hydrogen (secondary N) is 1. The molecule has 5 rings (SSSR count). The molecular formula is C19H19NO2. The third-order valence-electron chi connectivity index (χ3n) is 5.43. The van der Waals surface area contributed by atoms with Gasteiger partial charge >= 0.3 is 0 Å². The van der Waals surface area contributed by atoms with E-state index in [0.717, 1.165) is 24.5 Å². The summed E-state index contributed by atoms with van der Waals surface area (Å²) in [5, 5.41) is 3.74. The quantitative estimate of drug-likeness (QED) is 0.805. The lowest BCUT2D eigenvalue weighted by atomic mass is 9.64. The van der Waals surface area contributed by atoms with Crippen molar-refractivity contribution in [2.45, 2.75) is 31.7 Å². The number of benzene rings is 2. The molecule has 0 bridgehead atoms. The van der Waals surface area contributed by atoms with Crippen LogP contribution in [0.3, 0.4) is 0 Å². The Labute approximate surface area is 130 Å². The minimum Gasteiger partial charge on any atom is -0.454 e. The summed E-state index contributed by atoms with van der Waals surface area (Å²) >= 11 is 0. The van der Waals surface area contributed by atoms with Crippen LogP contribution in [0.25, 0.3) is 11.1 Å². The maximum absolute atomic E-state index is 5.84. The summed E-state index contributed by atoms with van der Waals surface area (Å²) in [5.74, 6) is 1.83. The number of ether oxygens (including phenoxy) is 2. The second-order valence-electron chi connectivity index (χ2n) is 6.96. The monoisotopic (exact) mass is 293 g/mol. The van der Waals surface area contributed by atoms with Crippen molar-refractivity contribution in [2.24, 2.45) is 0 Å². The van der Waals surface area contributed by atoms with Crippen molar-refractivity contribution in [2.75, 3.05) is 13.3 Å². The molecule has 3 heteroatoms. The van der Waals surface area contributed by atoms with E-state index in [1.54, 1.807) is 0 Å². The van der Waals surface area contributed by atoms with E-state index in [1.165, 1.54) is 27.8 Å². The molecule has 1 aliphatic carbocycles. The first-order valence-electron chi connectivity index (χ1n) is 7.96. The van der Waals surface area contributed by atoms with E-state index < -0.39 is 0 Å². The fourth-order valence-electron chi connectivity index (χ4n) is 4.40. The number of hydrogen-bond acceptors (Lipinski definition) is 3. The molecule has 112 valence electrons. The van der Waals surface area contributed by atoms with Crippen LogP contribution in [-0.4, -0.2) is 13.3 Å². The van der Waals surface area contributed by atoms with E-state index in [0.29, 0.717) is 12.8 Å². The molecule has 0 radical (unpaired) electrons. The highest BCUT2D eigenvalue weighted by atomic mass is 16.7. The Morgan fingerprint density at radius 1 is 1.18 bits per heavy atom. The van der Waals surface area contributed by atoms with Crippen LogP contribution in [0.1, 0.15) is 36.6 Å². The average Bonchev–Trinajstić information content (AvgIpc) is 2.99. The molecule has 3 aliphatic rings. The zero-order valence-electron chi connectivity index (χ0n) is 12.9. The predicted octanol–water partition coefficient (Wildman–Crippen LogP) is 3.56. The largest absolute Gasteiger partial charge is 0.454 e. The van der Waals surface area contributed by atoms with Gasteiger partial charge < -0.3 is 14.8 Å². The van der Waals surface area contributed by atoms with Gasteiger partial charge in [-0.1, -0.05) is 38.1 Å². The highest BCUT2D eigenvalue weighted by molar-refractivity contribution is 5.85. The standard InChI is InChI=1S/C19H19NO2/c1-19(2)13-6-4-3-5-12(13)16-15-11(7-8-20-18(15)19)9-14-17(16)22-10-21-14/h3-6,9,18,20H,7-8,10H2,1-2H3. The van der Waals surface area contributed by atoms with E-state index in [-0.39, 0.29) is 5.41 Å². The first-order chi connectivity index (χ1) is 10.7. The maximum atomic E-state index is 5.84. The second-order valence-corrected chi connectivity index (χ2v) is 6.96. The van der Waals surface area contributed by atoms with Crippen molar-refractivity contribution in [1.82, 2.24) is 5.32 Å². The van der Waals surface area contributed by atoms with Gasteiger partial charge in [0.15, 0.2) is 11.5 Å². The molecule has 22 heavy (non-hydrogen) atoms. The Bertz CT molecular complexity index is 794. The van der Waals surface area contributed by atoms with Crippen LogP contribution in [0.4, 0.5) is 0 Å². The Kier molecular flexibility index (Phi) is 2.31. The van der Waals surface area contributed by atoms with Gasteiger partial charge in [0, 0.05) is 17.0 Å². The summed E-state index contributed by atoms with van der Waals surface area (Å²) in [6.45, 7) is 6.02. The molecule has 2 aromatic rings. The van der Waals surface area contributed by atoms with Gasteiger partial charge in [0.05, 0.1) is 0 Å². The maximum Gasteiger partial charge on any atom is 0.231 e. The van der Waals surface area contributed by atoms with Crippen LogP contribution in [0.15, 0.2) is 30.3 Å². The molecule has 0 amide bonds. The zero-order chi connectivity index (χ0) is 14.9. The summed E-state index contributed by atoms with van der Waals surface area (Å²) in [6, 6.07) is 11.3. The molecule has 0 spiro atoms. The second kappa shape index (κ2) is 4.05. The molecule has 1 N–H and O–H groups in total. The average molecular weight is 293 g/mol. The van der Waals surface area contributed by atoms with E-state index in [2.05, 4.69) is 49.5 Å². The van der Waals surface area contributed by atoms with Gasteiger partial charge in [-0.05, 0) is 41.3 Å². The first-order valence-corrected chi connectivity index (χ1v) is 7.96. The molecule has 2 aromatic carbocycles. The third-order valence-corrected chi connectivity index (χ3v) is 5.43. The fraction of sp³-hybridized carbons (Fsp3) is 0.368. The van der Waals surface area contributed by atoms with Gasteiger partial charge in [-0.3, -0.25) is 0 Å². The highest BCUT2D eigenvalue weighted by Gasteiger charge is 2.44. The Balaban J connectivity index is 1.93. The van der Waals surface area contributed by atoms with E-state index in [1.807, 2.05) is 0 Å². The number of fused-ring (bicyclic) bond motifs is 4. The molecule has 2 heterocycles. The van der Waals surface area contributed by atoms with Gasteiger partial charge in [-0.25, -0.2) is 0 Å². The Morgan fingerprint density at radius 2 is 2.05 bits per heavy atom. The zero-order valence-corrected chi connectivity index (χ0v) is 12.9. The van der Waals surface area contributed by atoms with Crippen LogP contribution in [0.5, 0.6) is 11.5 Å².